The summed E-state index contributed by atoms with van der Waals surface area (Å²) >= 11 is 1.43. The molecule has 0 unspecified atom stereocenters. The van der Waals surface area contributed by atoms with Gasteiger partial charge in [0, 0.05) is 26.5 Å². The van der Waals surface area contributed by atoms with Gasteiger partial charge in [-0.15, -0.1) is 0 Å². The molecular formula is C13H18N4OS. The first-order valence-corrected chi connectivity index (χ1v) is 6.97. The summed E-state index contributed by atoms with van der Waals surface area (Å²) in [5.41, 5.74) is 0.877. The van der Waals surface area contributed by atoms with Crippen molar-refractivity contribution in [2.75, 3.05) is 11.9 Å². The smallest absolute Gasteiger partial charge is 0.186 e. The average molecular weight is 278 g/mol. The summed E-state index contributed by atoms with van der Waals surface area (Å²) in [7, 11) is 3.93. The first-order valence-electron chi connectivity index (χ1n) is 6.16. The van der Waals surface area contributed by atoms with E-state index >= 15 is 0 Å². The molecule has 0 aliphatic heterocycles. The third-order valence-corrected chi connectivity index (χ3v) is 4.06. The Morgan fingerprint density at radius 1 is 1.53 bits per heavy atom. The van der Waals surface area contributed by atoms with Gasteiger partial charge in [0.2, 0.25) is 0 Å². The number of thiazole rings is 1. The molecule has 2 rings (SSSR count). The summed E-state index contributed by atoms with van der Waals surface area (Å²) in [6.07, 6.45) is 4.59. The molecule has 0 aliphatic rings. The Morgan fingerprint density at radius 2 is 2.26 bits per heavy atom. The van der Waals surface area contributed by atoms with Gasteiger partial charge in [0.25, 0.3) is 0 Å². The van der Waals surface area contributed by atoms with Gasteiger partial charge in [-0.25, -0.2) is 9.97 Å². The van der Waals surface area contributed by atoms with Crippen molar-refractivity contribution in [2.45, 2.75) is 26.3 Å². The van der Waals surface area contributed by atoms with E-state index < -0.39 is 0 Å². The Hall–Kier alpha value is -1.69. The van der Waals surface area contributed by atoms with E-state index in [9.17, 15) is 4.79 Å². The molecule has 0 spiro atoms. The number of imidazole rings is 1. The van der Waals surface area contributed by atoms with E-state index in [1.807, 2.05) is 43.6 Å². The second-order valence-electron chi connectivity index (χ2n) is 4.83. The summed E-state index contributed by atoms with van der Waals surface area (Å²) in [5, 5.41) is 0.855. The monoisotopic (exact) mass is 278 g/mol. The van der Waals surface area contributed by atoms with E-state index in [1.54, 1.807) is 6.20 Å². The van der Waals surface area contributed by atoms with Crippen LogP contribution in [0.2, 0.25) is 0 Å². The molecule has 0 N–H and O–H groups in total. The van der Waals surface area contributed by atoms with Crippen LogP contribution in [0, 0.1) is 0 Å². The van der Waals surface area contributed by atoms with Gasteiger partial charge in [-0.2, -0.15) is 0 Å². The Bertz CT molecular complexity index is 573. The van der Waals surface area contributed by atoms with Crippen LogP contribution in [0.3, 0.4) is 0 Å². The topological polar surface area (TPSA) is 51.0 Å². The van der Waals surface area contributed by atoms with Crippen LogP contribution in [0.1, 0.15) is 41.0 Å². The summed E-state index contributed by atoms with van der Waals surface area (Å²) in [4.78, 5) is 22.7. The normalized spacial score (nSPS) is 11.0. The molecule has 0 atom stereocenters. The second-order valence-corrected chi connectivity index (χ2v) is 5.84. The molecule has 102 valence electrons. The predicted molar refractivity (Wildman–Crippen MR) is 76.9 cm³/mol. The molecule has 0 saturated carbocycles. The molecule has 0 radical (unpaired) electrons. The molecule has 2 aromatic heterocycles. The van der Waals surface area contributed by atoms with Crippen LogP contribution in [-0.2, 0) is 13.6 Å². The van der Waals surface area contributed by atoms with Crippen LogP contribution < -0.4 is 4.90 Å². The minimum Gasteiger partial charge on any atom is -0.344 e. The number of rotatable bonds is 5. The molecule has 0 aliphatic carbocycles. The van der Waals surface area contributed by atoms with Crippen LogP contribution in [0.4, 0.5) is 5.13 Å². The van der Waals surface area contributed by atoms with Crippen molar-refractivity contribution in [3.8, 4) is 0 Å². The molecule has 19 heavy (non-hydrogen) atoms. The molecule has 0 bridgehead atoms. The molecule has 2 heterocycles. The Morgan fingerprint density at radius 3 is 2.74 bits per heavy atom. The van der Waals surface area contributed by atoms with Crippen molar-refractivity contribution < 1.29 is 4.79 Å². The van der Waals surface area contributed by atoms with Crippen LogP contribution >= 0.6 is 11.3 Å². The predicted octanol–water partition coefficient (Wildman–Crippen LogP) is 2.45. The van der Waals surface area contributed by atoms with E-state index in [2.05, 4.69) is 9.97 Å². The molecule has 5 nitrogen and oxygen atoms in total. The summed E-state index contributed by atoms with van der Waals surface area (Å²) in [5.74, 6) is 1.23. The zero-order valence-corrected chi connectivity index (χ0v) is 12.4. The highest BCUT2D eigenvalue weighted by molar-refractivity contribution is 7.17. The van der Waals surface area contributed by atoms with Gasteiger partial charge in [0.15, 0.2) is 11.4 Å². The zero-order valence-electron chi connectivity index (χ0n) is 11.6. The molecule has 0 amide bonds. The lowest BCUT2D eigenvalue weighted by Gasteiger charge is -2.15. The van der Waals surface area contributed by atoms with Gasteiger partial charge in [0.1, 0.15) is 5.82 Å². The van der Waals surface area contributed by atoms with E-state index in [1.165, 1.54) is 11.3 Å². The van der Waals surface area contributed by atoms with Gasteiger partial charge in [-0.3, -0.25) is 4.79 Å². The molecule has 6 heteroatoms. The number of hydrogen-bond donors (Lipinski definition) is 0. The van der Waals surface area contributed by atoms with Crippen molar-refractivity contribution in [1.29, 1.82) is 0 Å². The number of anilines is 1. The fourth-order valence-corrected chi connectivity index (χ4v) is 2.82. The standard InChI is InChI=1S/C13H18N4OS/c1-9(2)12-10(8-18)19-13(15-12)17(4)7-11-14-5-6-16(11)3/h5-6,8-9H,7H2,1-4H3. The van der Waals surface area contributed by atoms with Crippen molar-refractivity contribution in [3.05, 3.63) is 28.8 Å². The third kappa shape index (κ3) is 2.84. The fraction of sp³-hybridized carbons (Fsp3) is 0.462. The van der Waals surface area contributed by atoms with Gasteiger partial charge < -0.3 is 9.47 Å². The van der Waals surface area contributed by atoms with Gasteiger partial charge in [-0.1, -0.05) is 25.2 Å². The van der Waals surface area contributed by atoms with Gasteiger partial charge >= 0.3 is 0 Å². The molecule has 0 aromatic carbocycles. The lowest BCUT2D eigenvalue weighted by molar-refractivity contribution is 0.112. The van der Waals surface area contributed by atoms with Crippen molar-refractivity contribution in [3.63, 3.8) is 0 Å². The lowest BCUT2D eigenvalue weighted by Crippen LogP contribution is -2.18. The van der Waals surface area contributed by atoms with Crippen LogP contribution in [0.25, 0.3) is 0 Å². The van der Waals surface area contributed by atoms with Crippen LogP contribution in [0.15, 0.2) is 12.4 Å². The minimum atomic E-state index is 0.256. The molecule has 2 aromatic rings. The largest absolute Gasteiger partial charge is 0.344 e. The number of hydrogen-bond acceptors (Lipinski definition) is 5. The highest BCUT2D eigenvalue weighted by Crippen LogP contribution is 2.29. The van der Waals surface area contributed by atoms with E-state index in [4.69, 9.17) is 0 Å². The lowest BCUT2D eigenvalue weighted by atomic mass is 10.1. The second kappa shape index (κ2) is 5.52. The summed E-state index contributed by atoms with van der Waals surface area (Å²) in [6, 6.07) is 0. The quantitative estimate of drug-likeness (QED) is 0.788. The summed E-state index contributed by atoms with van der Waals surface area (Å²) in [6.45, 7) is 4.77. The van der Waals surface area contributed by atoms with Crippen LogP contribution in [-0.4, -0.2) is 27.9 Å². The van der Waals surface area contributed by atoms with E-state index in [0.717, 1.165) is 27.8 Å². The Balaban J connectivity index is 2.22. The van der Waals surface area contributed by atoms with E-state index in [0.29, 0.717) is 6.54 Å². The van der Waals surface area contributed by atoms with Gasteiger partial charge in [0.05, 0.1) is 17.1 Å². The molecular weight excluding hydrogens is 260 g/mol. The number of aromatic nitrogens is 3. The SMILES string of the molecule is CC(C)c1nc(N(C)Cc2nccn2C)sc1C=O. The Labute approximate surface area is 116 Å². The molecule has 0 fully saturated rings. The van der Waals surface area contributed by atoms with Crippen molar-refractivity contribution in [1.82, 2.24) is 14.5 Å². The number of carbonyl (C=O) groups excluding carboxylic acids is 1. The maximum Gasteiger partial charge on any atom is 0.186 e. The fourth-order valence-electron chi connectivity index (χ4n) is 1.82. The summed E-state index contributed by atoms with van der Waals surface area (Å²) < 4.78 is 1.98. The average Bonchev–Trinajstić information content (AvgIpc) is 2.96. The first-order chi connectivity index (χ1) is 9.02. The minimum absolute atomic E-state index is 0.256. The maximum absolute atomic E-state index is 11.1. The maximum atomic E-state index is 11.1. The first kappa shape index (κ1) is 13.7. The van der Waals surface area contributed by atoms with Gasteiger partial charge in [-0.05, 0) is 5.92 Å². The highest BCUT2D eigenvalue weighted by Gasteiger charge is 2.16. The number of aryl methyl sites for hydroxylation is 1. The zero-order chi connectivity index (χ0) is 14.0. The van der Waals surface area contributed by atoms with Crippen LogP contribution in [0.5, 0.6) is 0 Å². The van der Waals surface area contributed by atoms with Crippen molar-refractivity contribution in [2.24, 2.45) is 7.05 Å². The highest BCUT2D eigenvalue weighted by atomic mass is 32.1. The number of carbonyl (C=O) groups is 1. The molecule has 0 saturated heterocycles. The number of nitrogens with zero attached hydrogens (tertiary/aromatic N) is 4. The van der Waals surface area contributed by atoms with E-state index in [-0.39, 0.29) is 5.92 Å². The number of aldehydes is 1. The van der Waals surface area contributed by atoms with Crippen molar-refractivity contribution >= 4 is 22.8 Å². The third-order valence-electron chi connectivity index (χ3n) is 2.95. The Kier molecular flexibility index (Phi) is 3.99.